The van der Waals surface area contributed by atoms with E-state index >= 15 is 0 Å². The van der Waals surface area contributed by atoms with E-state index in [1.165, 1.54) is 10.0 Å². The Morgan fingerprint density at radius 3 is 2.42 bits per heavy atom. The van der Waals surface area contributed by atoms with Crippen LogP contribution >= 0.6 is 0 Å². The fourth-order valence-corrected chi connectivity index (χ4v) is 8.35. The average Bonchev–Trinajstić information content (AvgIpc) is 2.57. The van der Waals surface area contributed by atoms with Gasteiger partial charge < -0.3 is 0 Å². The van der Waals surface area contributed by atoms with Crippen molar-refractivity contribution in [3.8, 4) is 0 Å². The Balaban J connectivity index is 2.04. The van der Waals surface area contributed by atoms with Crippen molar-refractivity contribution in [2.45, 2.75) is 32.7 Å². The Bertz CT molecular complexity index is 438. The molecular formula is C16H25NOSn. The van der Waals surface area contributed by atoms with Gasteiger partial charge in [0, 0.05) is 0 Å². The summed E-state index contributed by atoms with van der Waals surface area (Å²) >= 11 is -1.89. The van der Waals surface area contributed by atoms with E-state index in [-0.39, 0.29) is 0 Å². The van der Waals surface area contributed by atoms with Gasteiger partial charge in [-0.25, -0.2) is 0 Å². The van der Waals surface area contributed by atoms with Crippen LogP contribution in [0.1, 0.15) is 12.5 Å². The second kappa shape index (κ2) is 5.86. The predicted molar refractivity (Wildman–Crippen MR) is 82.7 cm³/mol. The van der Waals surface area contributed by atoms with E-state index in [9.17, 15) is 4.79 Å². The van der Waals surface area contributed by atoms with Gasteiger partial charge in [-0.1, -0.05) is 0 Å². The topological polar surface area (TPSA) is 20.3 Å². The van der Waals surface area contributed by atoms with E-state index in [4.69, 9.17) is 0 Å². The summed E-state index contributed by atoms with van der Waals surface area (Å²) < 4.78 is 1.19. The monoisotopic (exact) mass is 367 g/mol. The number of likely N-dealkylation sites (tertiary alicyclic amines) is 1. The Hall–Kier alpha value is -0.511. The standard InChI is InChI=1S/C13H16NO.3CH3.Sn/c1-10-8-14(13(15)11(10)2)9-12-6-4-3-5-7-12;;;;/h3-7,10-11H,2,8-9H2,1H3;3*1H3;/t10-,11+;;;;/m1..../s1. The normalized spacial score (nSPS) is 24.0. The molecule has 0 aliphatic carbocycles. The molecule has 19 heavy (non-hydrogen) atoms. The van der Waals surface area contributed by atoms with Crippen LogP contribution in [0.5, 0.6) is 0 Å². The summed E-state index contributed by atoms with van der Waals surface area (Å²) in [6.07, 6.45) is 0. The fourth-order valence-electron chi connectivity index (χ4n) is 2.94. The third kappa shape index (κ3) is 3.97. The number of benzene rings is 1. The van der Waals surface area contributed by atoms with Crippen LogP contribution in [0.4, 0.5) is 0 Å². The van der Waals surface area contributed by atoms with Gasteiger partial charge in [0.2, 0.25) is 0 Å². The Labute approximate surface area is 121 Å². The third-order valence-corrected chi connectivity index (χ3v) is 8.62. The first-order valence-corrected chi connectivity index (χ1v) is 17.8. The Morgan fingerprint density at radius 2 is 1.84 bits per heavy atom. The summed E-state index contributed by atoms with van der Waals surface area (Å²) in [5.41, 5.74) is 1.24. The number of hydrogen-bond acceptors (Lipinski definition) is 1. The van der Waals surface area contributed by atoms with Crippen molar-refractivity contribution < 1.29 is 4.79 Å². The number of hydrogen-bond donors (Lipinski definition) is 0. The molecule has 1 aliphatic heterocycles. The molecule has 0 radical (unpaired) electrons. The van der Waals surface area contributed by atoms with Crippen LogP contribution in [0.25, 0.3) is 0 Å². The van der Waals surface area contributed by atoms with Gasteiger partial charge in [-0.05, 0) is 0 Å². The summed E-state index contributed by atoms with van der Waals surface area (Å²) in [5.74, 6) is 1.20. The molecule has 1 aliphatic rings. The quantitative estimate of drug-likeness (QED) is 0.746. The Morgan fingerprint density at radius 1 is 1.21 bits per heavy atom. The second-order valence-electron chi connectivity index (χ2n) is 7.05. The van der Waals surface area contributed by atoms with Crippen LogP contribution in [0.15, 0.2) is 30.3 Å². The number of carbonyl (C=O) groups is 1. The zero-order valence-corrected chi connectivity index (χ0v) is 15.4. The van der Waals surface area contributed by atoms with Crippen molar-refractivity contribution in [3.05, 3.63) is 35.9 Å². The van der Waals surface area contributed by atoms with Crippen molar-refractivity contribution in [2.24, 2.45) is 11.8 Å². The first-order valence-electron chi connectivity index (χ1n) is 7.19. The van der Waals surface area contributed by atoms with Crippen molar-refractivity contribution in [3.63, 3.8) is 0 Å². The number of rotatable bonds is 4. The second-order valence-corrected chi connectivity index (χ2v) is 22.8. The molecule has 3 heteroatoms. The van der Waals surface area contributed by atoms with Crippen molar-refractivity contribution in [2.75, 3.05) is 6.54 Å². The zero-order chi connectivity index (χ0) is 14.0. The molecule has 2 nitrogen and oxygen atoms in total. The van der Waals surface area contributed by atoms with Gasteiger partial charge in [-0.15, -0.1) is 0 Å². The predicted octanol–water partition coefficient (Wildman–Crippen LogP) is 3.62. The maximum atomic E-state index is 12.6. The van der Waals surface area contributed by atoms with E-state index in [2.05, 4.69) is 38.8 Å². The molecule has 1 aromatic carbocycles. The van der Waals surface area contributed by atoms with Gasteiger partial charge in [0.1, 0.15) is 0 Å². The third-order valence-electron chi connectivity index (χ3n) is 3.87. The maximum absolute atomic E-state index is 12.6. The minimum atomic E-state index is -1.89. The van der Waals surface area contributed by atoms with Crippen molar-refractivity contribution in [1.82, 2.24) is 4.90 Å². The average molecular weight is 366 g/mol. The Kier molecular flexibility index (Phi) is 4.59. The summed E-state index contributed by atoms with van der Waals surface area (Å²) in [6.45, 7) is 3.95. The molecule has 1 heterocycles. The molecule has 0 bridgehead atoms. The molecule has 1 saturated heterocycles. The van der Waals surface area contributed by atoms with E-state index in [0.717, 1.165) is 13.1 Å². The van der Waals surface area contributed by atoms with Gasteiger partial charge in [-0.2, -0.15) is 0 Å². The molecule has 0 aromatic heterocycles. The van der Waals surface area contributed by atoms with Crippen molar-refractivity contribution >= 4 is 24.3 Å². The number of nitrogens with zero attached hydrogens (tertiary/aromatic N) is 1. The minimum absolute atomic E-state index is 0.291. The van der Waals surface area contributed by atoms with Crippen LogP contribution in [0, 0.1) is 11.8 Å². The van der Waals surface area contributed by atoms with E-state index in [1.807, 2.05) is 18.2 Å². The summed E-state index contributed by atoms with van der Waals surface area (Å²) in [5, 5.41) is 0. The van der Waals surface area contributed by atoms with E-state index in [1.54, 1.807) is 0 Å². The van der Waals surface area contributed by atoms with E-state index in [0.29, 0.717) is 17.7 Å². The van der Waals surface area contributed by atoms with Gasteiger partial charge in [0.25, 0.3) is 0 Å². The van der Waals surface area contributed by atoms with Gasteiger partial charge in [0.15, 0.2) is 0 Å². The molecule has 1 aromatic rings. The van der Waals surface area contributed by atoms with Crippen LogP contribution in [0.3, 0.4) is 0 Å². The number of amides is 1. The summed E-state index contributed by atoms with van der Waals surface area (Å²) in [6, 6.07) is 10.3. The van der Waals surface area contributed by atoms with Crippen LogP contribution in [0.2, 0.25) is 19.3 Å². The molecule has 1 fully saturated rings. The molecule has 0 N–H and O–H groups in total. The number of carbonyl (C=O) groups excluding carboxylic acids is 1. The fraction of sp³-hybridized carbons (Fsp3) is 0.562. The first-order chi connectivity index (χ1) is 8.87. The van der Waals surface area contributed by atoms with Gasteiger partial charge in [-0.3, -0.25) is 0 Å². The molecular weight excluding hydrogens is 341 g/mol. The molecule has 1 amide bonds. The molecule has 2 atom stereocenters. The van der Waals surface area contributed by atoms with E-state index < -0.39 is 18.4 Å². The molecule has 104 valence electrons. The van der Waals surface area contributed by atoms with Gasteiger partial charge >= 0.3 is 121 Å². The summed E-state index contributed by atoms with van der Waals surface area (Å²) in [7, 11) is 0. The molecule has 0 saturated carbocycles. The van der Waals surface area contributed by atoms with Crippen LogP contribution in [-0.2, 0) is 11.3 Å². The first kappa shape index (κ1) is 14.9. The SMILES string of the molecule is C[C@@H]1CN(Cc2ccccc2)C(=O)[C@H]1[CH2][Sn]([CH3])([CH3])[CH3]. The zero-order valence-electron chi connectivity index (χ0n) is 12.5. The molecule has 0 unspecified atom stereocenters. The van der Waals surface area contributed by atoms with Crippen LogP contribution < -0.4 is 0 Å². The molecule has 0 spiro atoms. The van der Waals surface area contributed by atoms with Gasteiger partial charge in [0.05, 0.1) is 0 Å². The molecule has 2 rings (SSSR count). The van der Waals surface area contributed by atoms with Crippen molar-refractivity contribution in [1.29, 1.82) is 0 Å². The van der Waals surface area contributed by atoms with Crippen LogP contribution in [-0.4, -0.2) is 35.7 Å². The summed E-state index contributed by atoms with van der Waals surface area (Å²) in [4.78, 5) is 21.9.